The van der Waals surface area contributed by atoms with Crippen molar-refractivity contribution in [3.05, 3.63) is 64.5 Å². The molecule has 6 heteroatoms. The van der Waals surface area contributed by atoms with Crippen molar-refractivity contribution in [3.8, 4) is 11.3 Å². The van der Waals surface area contributed by atoms with E-state index in [1.54, 1.807) is 17.4 Å². The van der Waals surface area contributed by atoms with E-state index in [1.165, 1.54) is 4.88 Å². The third kappa shape index (κ3) is 3.86. The van der Waals surface area contributed by atoms with Gasteiger partial charge in [0.2, 0.25) is 0 Å². The smallest absolute Gasteiger partial charge is 0.276 e. The lowest BCUT2D eigenvalue weighted by molar-refractivity contribution is 0.0751. The maximum Gasteiger partial charge on any atom is 0.276 e. The lowest BCUT2D eigenvalue weighted by atomic mass is 10.1. The highest BCUT2D eigenvalue weighted by Gasteiger charge is 2.23. The van der Waals surface area contributed by atoms with Crippen LogP contribution in [0.1, 0.15) is 21.8 Å². The molecule has 0 unspecified atom stereocenters. The number of aromatic nitrogens is 1. The summed E-state index contributed by atoms with van der Waals surface area (Å²) in [6.07, 6.45) is 0.973. The van der Waals surface area contributed by atoms with E-state index < -0.39 is 0 Å². The Morgan fingerprint density at radius 1 is 1.08 bits per heavy atom. The van der Waals surface area contributed by atoms with Gasteiger partial charge in [0.1, 0.15) is 0 Å². The summed E-state index contributed by atoms with van der Waals surface area (Å²) in [5.41, 5.74) is 1.31. The maximum atomic E-state index is 12.8. The Kier molecular flexibility index (Phi) is 5.13. The van der Waals surface area contributed by atoms with Gasteiger partial charge in [0.15, 0.2) is 11.5 Å². The first kappa shape index (κ1) is 17.0. The van der Waals surface area contributed by atoms with Crippen LogP contribution in [-0.2, 0) is 6.54 Å². The van der Waals surface area contributed by atoms with E-state index in [0.717, 1.165) is 44.7 Å². The zero-order valence-corrected chi connectivity index (χ0v) is 15.3. The van der Waals surface area contributed by atoms with Gasteiger partial charge in [-0.25, -0.2) is 0 Å². The number of hydrogen-bond donors (Lipinski definition) is 0. The number of carbonyl (C=O) groups excluding carboxylic acids is 1. The molecular formula is C20H21N3O2S. The van der Waals surface area contributed by atoms with Crippen LogP contribution in [0.25, 0.3) is 11.3 Å². The normalized spacial score (nSPS) is 15.8. The standard InChI is InChI=1S/C20H21N3O2S/c24-20(18-14-19(25-21-18)16-6-2-1-3-7-16)23-10-5-9-22(11-12-23)15-17-8-4-13-26-17/h1-4,6-8,13-14H,5,9-12,15H2. The Morgan fingerprint density at radius 3 is 2.77 bits per heavy atom. The second-order valence-corrected chi connectivity index (χ2v) is 7.48. The number of carbonyl (C=O) groups is 1. The highest BCUT2D eigenvalue weighted by molar-refractivity contribution is 7.09. The van der Waals surface area contributed by atoms with E-state index in [4.69, 9.17) is 4.52 Å². The molecule has 5 nitrogen and oxygen atoms in total. The van der Waals surface area contributed by atoms with Crippen LogP contribution in [-0.4, -0.2) is 47.0 Å². The van der Waals surface area contributed by atoms with E-state index in [-0.39, 0.29) is 5.91 Å². The fourth-order valence-electron chi connectivity index (χ4n) is 3.23. The molecule has 3 aromatic rings. The number of amides is 1. The first-order valence-electron chi connectivity index (χ1n) is 8.86. The summed E-state index contributed by atoms with van der Waals surface area (Å²) in [4.78, 5) is 18.5. The van der Waals surface area contributed by atoms with E-state index in [9.17, 15) is 4.79 Å². The Morgan fingerprint density at radius 2 is 1.96 bits per heavy atom. The van der Waals surface area contributed by atoms with Gasteiger partial charge < -0.3 is 9.42 Å². The molecule has 0 radical (unpaired) electrons. The molecule has 1 aliphatic rings. The Balaban J connectivity index is 1.40. The molecule has 1 saturated heterocycles. The van der Waals surface area contributed by atoms with Crippen LogP contribution in [0.3, 0.4) is 0 Å². The summed E-state index contributed by atoms with van der Waals surface area (Å²) in [6, 6.07) is 15.7. The average Bonchev–Trinajstić information content (AvgIpc) is 3.31. The number of hydrogen-bond acceptors (Lipinski definition) is 5. The lowest BCUT2D eigenvalue weighted by Crippen LogP contribution is -2.35. The molecule has 134 valence electrons. The zero-order chi connectivity index (χ0) is 17.8. The molecule has 0 aliphatic carbocycles. The van der Waals surface area contributed by atoms with Gasteiger partial charge in [-0.2, -0.15) is 0 Å². The van der Waals surface area contributed by atoms with Gasteiger partial charge in [0.05, 0.1) is 0 Å². The minimum atomic E-state index is -0.0473. The first-order chi connectivity index (χ1) is 12.8. The molecule has 2 aromatic heterocycles. The molecule has 0 N–H and O–H groups in total. The Bertz CT molecular complexity index is 845. The van der Waals surface area contributed by atoms with Crippen molar-refractivity contribution in [2.24, 2.45) is 0 Å². The fraction of sp³-hybridized carbons (Fsp3) is 0.300. The molecular weight excluding hydrogens is 346 g/mol. The van der Waals surface area contributed by atoms with Gasteiger partial charge in [-0.3, -0.25) is 9.69 Å². The first-order valence-corrected chi connectivity index (χ1v) is 9.74. The summed E-state index contributed by atoms with van der Waals surface area (Å²) in [7, 11) is 0. The molecule has 1 fully saturated rings. The molecule has 0 spiro atoms. The van der Waals surface area contributed by atoms with Crippen LogP contribution in [0, 0.1) is 0 Å². The minimum absolute atomic E-state index is 0.0473. The lowest BCUT2D eigenvalue weighted by Gasteiger charge is -2.20. The van der Waals surface area contributed by atoms with Gasteiger partial charge in [-0.1, -0.05) is 41.6 Å². The summed E-state index contributed by atoms with van der Waals surface area (Å²) in [5, 5.41) is 6.11. The monoisotopic (exact) mass is 367 g/mol. The average molecular weight is 367 g/mol. The topological polar surface area (TPSA) is 49.6 Å². The number of nitrogens with zero attached hydrogens (tertiary/aromatic N) is 3. The second-order valence-electron chi connectivity index (χ2n) is 6.44. The van der Waals surface area contributed by atoms with Gasteiger partial charge >= 0.3 is 0 Å². The van der Waals surface area contributed by atoms with Crippen molar-refractivity contribution in [1.82, 2.24) is 15.0 Å². The third-order valence-electron chi connectivity index (χ3n) is 4.62. The van der Waals surface area contributed by atoms with Crippen molar-refractivity contribution in [2.75, 3.05) is 26.2 Å². The van der Waals surface area contributed by atoms with Gasteiger partial charge in [-0.15, -0.1) is 11.3 Å². The van der Waals surface area contributed by atoms with Crippen molar-refractivity contribution in [3.63, 3.8) is 0 Å². The molecule has 0 saturated carbocycles. The van der Waals surface area contributed by atoms with Crippen molar-refractivity contribution < 1.29 is 9.32 Å². The van der Waals surface area contributed by atoms with Crippen molar-refractivity contribution in [1.29, 1.82) is 0 Å². The SMILES string of the molecule is O=C(c1cc(-c2ccccc2)on1)N1CCCN(Cc2cccs2)CC1. The molecule has 1 aromatic carbocycles. The van der Waals surface area contributed by atoms with Crippen molar-refractivity contribution >= 4 is 17.2 Å². The van der Waals surface area contributed by atoms with Gasteiger partial charge in [0, 0.05) is 49.2 Å². The minimum Gasteiger partial charge on any atom is -0.355 e. The number of benzene rings is 1. The number of thiophene rings is 1. The predicted molar refractivity (Wildman–Crippen MR) is 102 cm³/mol. The van der Waals surface area contributed by atoms with Crippen LogP contribution in [0.15, 0.2) is 58.4 Å². The Labute approximate surface area is 156 Å². The number of rotatable bonds is 4. The van der Waals surface area contributed by atoms with Crippen LogP contribution in [0.2, 0.25) is 0 Å². The highest BCUT2D eigenvalue weighted by atomic mass is 32.1. The van der Waals surface area contributed by atoms with E-state index in [0.29, 0.717) is 11.5 Å². The second kappa shape index (κ2) is 7.85. The Hall–Kier alpha value is -2.44. The van der Waals surface area contributed by atoms with Crippen LogP contribution >= 0.6 is 11.3 Å². The quantitative estimate of drug-likeness (QED) is 0.705. The summed E-state index contributed by atoms with van der Waals surface area (Å²) in [5.74, 6) is 0.581. The summed E-state index contributed by atoms with van der Waals surface area (Å²) < 4.78 is 5.38. The fourth-order valence-corrected chi connectivity index (χ4v) is 3.98. The molecule has 0 atom stereocenters. The van der Waals surface area contributed by atoms with Crippen molar-refractivity contribution in [2.45, 2.75) is 13.0 Å². The molecule has 26 heavy (non-hydrogen) atoms. The third-order valence-corrected chi connectivity index (χ3v) is 5.48. The van der Waals surface area contributed by atoms with Crippen LogP contribution in [0.4, 0.5) is 0 Å². The van der Waals surface area contributed by atoms with E-state index >= 15 is 0 Å². The zero-order valence-electron chi connectivity index (χ0n) is 14.5. The molecule has 3 heterocycles. The molecule has 4 rings (SSSR count). The molecule has 0 bridgehead atoms. The largest absolute Gasteiger partial charge is 0.355 e. The molecule has 1 aliphatic heterocycles. The predicted octanol–water partition coefficient (Wildman–Crippen LogP) is 3.75. The maximum absolute atomic E-state index is 12.8. The summed E-state index contributed by atoms with van der Waals surface area (Å²) >= 11 is 1.78. The van der Waals surface area contributed by atoms with Crippen LogP contribution in [0.5, 0.6) is 0 Å². The van der Waals surface area contributed by atoms with E-state index in [2.05, 4.69) is 27.6 Å². The van der Waals surface area contributed by atoms with Gasteiger partial charge in [0.25, 0.3) is 5.91 Å². The van der Waals surface area contributed by atoms with E-state index in [1.807, 2.05) is 35.2 Å². The van der Waals surface area contributed by atoms with Crippen LogP contribution < -0.4 is 0 Å². The highest BCUT2D eigenvalue weighted by Crippen LogP contribution is 2.21. The summed E-state index contributed by atoms with van der Waals surface area (Å²) in [6.45, 7) is 4.33. The van der Waals surface area contributed by atoms with Gasteiger partial charge in [-0.05, 0) is 17.9 Å². The molecule has 1 amide bonds.